The molecule has 1 fully saturated rings. The lowest BCUT2D eigenvalue weighted by atomic mass is 10.0. The number of halogens is 1. The van der Waals surface area contributed by atoms with Crippen molar-refractivity contribution in [1.29, 1.82) is 0 Å². The van der Waals surface area contributed by atoms with Crippen molar-refractivity contribution >= 4 is 46.8 Å². The molecule has 0 aromatic heterocycles. The van der Waals surface area contributed by atoms with Crippen molar-refractivity contribution in [3.05, 3.63) is 99.4 Å². The fourth-order valence-electron chi connectivity index (χ4n) is 5.12. The van der Waals surface area contributed by atoms with E-state index in [0.29, 0.717) is 22.9 Å². The lowest BCUT2D eigenvalue weighted by molar-refractivity contribution is -0.114. The molecule has 3 aromatic carbocycles. The summed E-state index contributed by atoms with van der Waals surface area (Å²) in [5.74, 6) is 0.145. The Kier molecular flexibility index (Phi) is 9.00. The second kappa shape index (κ2) is 12.8. The number of rotatable bonds is 8. The zero-order chi connectivity index (χ0) is 26.3. The lowest BCUT2D eigenvalue weighted by Crippen LogP contribution is -2.33. The first kappa shape index (κ1) is 26.7. The second-order valence-electron chi connectivity index (χ2n) is 10.0. The molecule has 2 aliphatic rings. The molecule has 0 N–H and O–H groups in total. The Morgan fingerprint density at radius 3 is 2.45 bits per heavy atom. The van der Waals surface area contributed by atoms with E-state index >= 15 is 0 Å². The van der Waals surface area contributed by atoms with Crippen LogP contribution in [0.2, 0.25) is 5.02 Å². The summed E-state index contributed by atoms with van der Waals surface area (Å²) >= 11 is 7.68. The van der Waals surface area contributed by atoms with Crippen molar-refractivity contribution in [1.82, 2.24) is 4.90 Å². The molecule has 2 heterocycles. The van der Waals surface area contributed by atoms with Crippen molar-refractivity contribution in [2.75, 3.05) is 24.5 Å². The Morgan fingerprint density at radius 2 is 1.68 bits per heavy atom. The standard InChI is InChI=1S/C32H33ClN2O2S/c33-27-10-7-9-25(21-27)23-35-28-11-3-4-13-30(28)38-31(32(35)37)22-24-14-16-26(17-15-24)29(36)12-8-20-34-18-5-1-2-6-19-34/h3-4,7,9-11,13-17,21-22H,1-2,5-6,8,12,18-20,23H2/b31-22+. The van der Waals surface area contributed by atoms with Crippen LogP contribution in [0, 0.1) is 0 Å². The van der Waals surface area contributed by atoms with Crippen LogP contribution in [-0.2, 0) is 11.3 Å². The Morgan fingerprint density at radius 1 is 0.921 bits per heavy atom. The molecular weight excluding hydrogens is 512 g/mol. The van der Waals surface area contributed by atoms with Crippen molar-refractivity contribution in [2.24, 2.45) is 0 Å². The molecule has 6 heteroatoms. The fourth-order valence-corrected chi connectivity index (χ4v) is 6.39. The van der Waals surface area contributed by atoms with Crippen LogP contribution in [0.15, 0.2) is 82.6 Å². The number of amides is 1. The Hall–Kier alpha value is -2.86. The van der Waals surface area contributed by atoms with Crippen LogP contribution in [0.1, 0.15) is 60.0 Å². The predicted octanol–water partition coefficient (Wildman–Crippen LogP) is 7.86. The molecule has 0 saturated carbocycles. The largest absolute Gasteiger partial charge is 0.303 e. The van der Waals surface area contributed by atoms with Crippen molar-refractivity contribution in [2.45, 2.75) is 50.0 Å². The summed E-state index contributed by atoms with van der Waals surface area (Å²) < 4.78 is 0. The minimum atomic E-state index is -0.0395. The summed E-state index contributed by atoms with van der Waals surface area (Å²) in [5.41, 5.74) is 3.52. The molecule has 1 amide bonds. The monoisotopic (exact) mass is 544 g/mol. The number of nitrogens with zero attached hydrogens (tertiary/aromatic N) is 2. The van der Waals surface area contributed by atoms with E-state index in [1.165, 1.54) is 37.4 Å². The summed E-state index contributed by atoms with van der Waals surface area (Å²) in [5, 5.41) is 0.655. The van der Waals surface area contributed by atoms with E-state index in [2.05, 4.69) is 4.90 Å². The van der Waals surface area contributed by atoms with Crippen molar-refractivity contribution in [3.8, 4) is 0 Å². The van der Waals surface area contributed by atoms with Gasteiger partial charge in [-0.25, -0.2) is 0 Å². The van der Waals surface area contributed by atoms with E-state index in [9.17, 15) is 9.59 Å². The fraction of sp³-hybridized carbons (Fsp3) is 0.312. The first-order valence-corrected chi connectivity index (χ1v) is 14.7. The minimum absolute atomic E-state index is 0.0395. The highest BCUT2D eigenvalue weighted by Crippen LogP contribution is 2.42. The van der Waals surface area contributed by atoms with Crippen LogP contribution < -0.4 is 4.90 Å². The van der Waals surface area contributed by atoms with Gasteiger partial charge in [-0.05, 0) is 80.4 Å². The van der Waals surface area contributed by atoms with E-state index in [1.54, 1.807) is 0 Å². The van der Waals surface area contributed by atoms with Crippen LogP contribution in [0.5, 0.6) is 0 Å². The summed E-state index contributed by atoms with van der Waals surface area (Å²) in [6, 6.07) is 23.2. The quantitative estimate of drug-likeness (QED) is 0.214. The molecule has 0 unspecified atom stereocenters. The van der Waals surface area contributed by atoms with Crippen molar-refractivity contribution < 1.29 is 9.59 Å². The minimum Gasteiger partial charge on any atom is -0.303 e. The van der Waals surface area contributed by atoms with Crippen molar-refractivity contribution in [3.63, 3.8) is 0 Å². The molecule has 2 aliphatic heterocycles. The number of para-hydroxylation sites is 1. The highest BCUT2D eigenvalue weighted by Gasteiger charge is 2.29. The lowest BCUT2D eigenvalue weighted by Gasteiger charge is -2.30. The van der Waals surface area contributed by atoms with E-state index < -0.39 is 0 Å². The van der Waals surface area contributed by atoms with Crippen LogP contribution in [-0.4, -0.2) is 36.2 Å². The summed E-state index contributed by atoms with van der Waals surface area (Å²) in [6.45, 7) is 3.77. The molecule has 0 radical (unpaired) electrons. The van der Waals surface area contributed by atoms with Gasteiger partial charge in [-0.1, -0.05) is 84.7 Å². The summed E-state index contributed by atoms with van der Waals surface area (Å²) in [7, 11) is 0. The van der Waals surface area contributed by atoms with Gasteiger partial charge in [0.15, 0.2) is 5.78 Å². The molecule has 1 saturated heterocycles. The molecule has 0 atom stereocenters. The average molecular weight is 545 g/mol. The first-order valence-electron chi connectivity index (χ1n) is 13.5. The number of benzene rings is 3. The number of likely N-dealkylation sites (tertiary alicyclic amines) is 1. The molecule has 4 nitrogen and oxygen atoms in total. The Balaban J connectivity index is 1.26. The smallest absolute Gasteiger partial charge is 0.265 e. The molecule has 0 bridgehead atoms. The van der Waals surface area contributed by atoms with Crippen LogP contribution in [0.25, 0.3) is 6.08 Å². The van der Waals surface area contributed by atoms with E-state index in [0.717, 1.165) is 53.3 Å². The van der Waals surface area contributed by atoms with E-state index in [4.69, 9.17) is 11.6 Å². The first-order chi connectivity index (χ1) is 18.6. The maximum absolute atomic E-state index is 13.6. The maximum Gasteiger partial charge on any atom is 0.265 e. The predicted molar refractivity (Wildman–Crippen MR) is 158 cm³/mol. The van der Waals surface area contributed by atoms with E-state index in [-0.39, 0.29) is 11.7 Å². The normalized spacial score (nSPS) is 17.3. The molecule has 0 aliphatic carbocycles. The average Bonchev–Trinajstić information content (AvgIpc) is 3.20. The van der Waals surface area contributed by atoms with Gasteiger partial charge in [-0.15, -0.1) is 0 Å². The van der Waals surface area contributed by atoms with Gasteiger partial charge in [0.05, 0.1) is 17.1 Å². The number of hydrogen-bond donors (Lipinski definition) is 0. The topological polar surface area (TPSA) is 40.6 Å². The van der Waals surface area contributed by atoms with Gasteiger partial charge in [0.25, 0.3) is 5.91 Å². The molecule has 3 aromatic rings. The maximum atomic E-state index is 13.6. The van der Waals surface area contributed by atoms with Gasteiger partial charge < -0.3 is 9.80 Å². The molecule has 196 valence electrons. The number of anilines is 1. The molecule has 0 spiro atoms. The number of hydrogen-bond acceptors (Lipinski definition) is 4. The van der Waals surface area contributed by atoms with Gasteiger partial charge in [0, 0.05) is 21.9 Å². The highest BCUT2D eigenvalue weighted by atomic mass is 35.5. The van der Waals surface area contributed by atoms with Gasteiger partial charge in [0.2, 0.25) is 0 Å². The molecular formula is C32H33ClN2O2S. The van der Waals surface area contributed by atoms with Gasteiger partial charge >= 0.3 is 0 Å². The third kappa shape index (κ3) is 6.76. The van der Waals surface area contributed by atoms with Crippen LogP contribution in [0.3, 0.4) is 0 Å². The van der Waals surface area contributed by atoms with Crippen LogP contribution in [0.4, 0.5) is 5.69 Å². The zero-order valence-electron chi connectivity index (χ0n) is 21.6. The molecule has 38 heavy (non-hydrogen) atoms. The number of carbonyl (C=O) groups excluding carboxylic acids is 2. The number of carbonyl (C=O) groups is 2. The third-order valence-electron chi connectivity index (χ3n) is 7.17. The zero-order valence-corrected chi connectivity index (χ0v) is 23.1. The number of Topliss-reactive ketones (excluding diaryl/α,β-unsaturated/α-hetero) is 1. The third-order valence-corrected chi connectivity index (χ3v) is 8.48. The van der Waals surface area contributed by atoms with E-state index in [1.807, 2.05) is 83.8 Å². The van der Waals surface area contributed by atoms with Gasteiger partial charge in [0.1, 0.15) is 0 Å². The summed E-state index contributed by atoms with van der Waals surface area (Å²) in [4.78, 5) is 32.4. The van der Waals surface area contributed by atoms with Gasteiger partial charge in [-0.2, -0.15) is 0 Å². The Labute approximate surface area is 234 Å². The number of thioether (sulfide) groups is 1. The number of ketones is 1. The number of fused-ring (bicyclic) bond motifs is 1. The highest BCUT2D eigenvalue weighted by molar-refractivity contribution is 8.04. The van der Waals surface area contributed by atoms with Crippen LogP contribution >= 0.6 is 23.4 Å². The van der Waals surface area contributed by atoms with Gasteiger partial charge in [-0.3, -0.25) is 9.59 Å². The molecule has 5 rings (SSSR count). The second-order valence-corrected chi connectivity index (χ2v) is 11.5. The Bertz CT molecular complexity index is 1310. The summed E-state index contributed by atoms with van der Waals surface area (Å²) in [6.07, 6.45) is 8.59. The SMILES string of the molecule is O=C(CCCN1CCCCCC1)c1ccc(/C=C2/Sc3ccccc3N(Cc3cccc(Cl)c3)C2=O)cc1.